The molecule has 0 unspecified atom stereocenters. The lowest BCUT2D eigenvalue weighted by Gasteiger charge is -2.41. The number of aryl methyl sites for hydroxylation is 1. The number of nitrogens with one attached hydrogen (secondary N) is 1. The Morgan fingerprint density at radius 1 is 0.871 bits per heavy atom. The highest BCUT2D eigenvalue weighted by Gasteiger charge is 2.32. The van der Waals surface area contributed by atoms with Crippen LogP contribution in [0, 0.1) is 5.92 Å². The quantitative estimate of drug-likeness (QED) is 0.775. The summed E-state index contributed by atoms with van der Waals surface area (Å²) in [6.45, 7) is 5.83. The Morgan fingerprint density at radius 3 is 2.13 bits per heavy atom. The number of nitrogens with zero attached hydrogens (tertiary/aromatic N) is 2. The van der Waals surface area contributed by atoms with Crippen LogP contribution in [0.5, 0.6) is 0 Å². The van der Waals surface area contributed by atoms with Crippen molar-refractivity contribution in [3.63, 3.8) is 0 Å². The molecule has 1 aromatic carbocycles. The van der Waals surface area contributed by atoms with Gasteiger partial charge in [-0.05, 0) is 75.7 Å². The van der Waals surface area contributed by atoms with Crippen molar-refractivity contribution in [3.8, 4) is 0 Å². The van der Waals surface area contributed by atoms with Gasteiger partial charge in [-0.1, -0.05) is 38.3 Å². The Hall–Kier alpha value is -1.88. The van der Waals surface area contributed by atoms with Gasteiger partial charge < -0.3 is 15.1 Å². The maximum absolute atomic E-state index is 12.8. The van der Waals surface area contributed by atoms with Crippen molar-refractivity contribution in [2.24, 2.45) is 5.92 Å². The second kappa shape index (κ2) is 10.6. The molecule has 1 aromatic rings. The fourth-order valence-electron chi connectivity index (χ4n) is 5.59. The van der Waals surface area contributed by atoms with E-state index in [2.05, 4.69) is 29.3 Å². The minimum atomic E-state index is 0.166. The van der Waals surface area contributed by atoms with E-state index in [0.29, 0.717) is 18.0 Å². The van der Waals surface area contributed by atoms with Crippen LogP contribution in [0.15, 0.2) is 24.3 Å². The van der Waals surface area contributed by atoms with E-state index in [1.165, 1.54) is 24.8 Å². The van der Waals surface area contributed by atoms with Crippen LogP contribution < -0.4 is 5.32 Å². The fourth-order valence-corrected chi connectivity index (χ4v) is 5.59. The van der Waals surface area contributed by atoms with Crippen molar-refractivity contribution >= 4 is 11.8 Å². The number of hydrogen-bond acceptors (Lipinski definition) is 3. The molecule has 3 fully saturated rings. The smallest absolute Gasteiger partial charge is 0.253 e. The van der Waals surface area contributed by atoms with Crippen LogP contribution >= 0.6 is 0 Å². The van der Waals surface area contributed by atoms with Crippen molar-refractivity contribution in [1.29, 1.82) is 0 Å². The summed E-state index contributed by atoms with van der Waals surface area (Å²) < 4.78 is 0. The number of carbonyl (C=O) groups excluding carboxylic acids is 2. The lowest BCUT2D eigenvalue weighted by molar-refractivity contribution is -0.127. The van der Waals surface area contributed by atoms with Gasteiger partial charge in [0, 0.05) is 36.7 Å². The first-order chi connectivity index (χ1) is 15.1. The van der Waals surface area contributed by atoms with E-state index in [0.717, 1.165) is 76.7 Å². The normalized spacial score (nSPS) is 22.4. The third-order valence-electron chi connectivity index (χ3n) is 7.73. The average molecular weight is 426 g/mol. The molecule has 4 rings (SSSR count). The molecule has 0 bridgehead atoms. The topological polar surface area (TPSA) is 52.7 Å². The van der Waals surface area contributed by atoms with Gasteiger partial charge in [-0.25, -0.2) is 0 Å². The number of likely N-dealkylation sites (tertiary alicyclic amines) is 2. The number of carbonyl (C=O) groups is 2. The van der Waals surface area contributed by atoms with Gasteiger partial charge in [-0.2, -0.15) is 0 Å². The van der Waals surface area contributed by atoms with Crippen LogP contribution in [0.1, 0.15) is 80.6 Å². The van der Waals surface area contributed by atoms with Gasteiger partial charge in [0.05, 0.1) is 0 Å². The first-order valence-electron chi connectivity index (χ1n) is 12.6. The lowest BCUT2D eigenvalue weighted by Crippen LogP contribution is -2.50. The molecule has 0 radical (unpaired) electrons. The summed E-state index contributed by atoms with van der Waals surface area (Å²) in [5, 5.41) is 3.32. The first kappa shape index (κ1) is 22.3. The maximum atomic E-state index is 12.8. The number of benzene rings is 1. The maximum Gasteiger partial charge on any atom is 0.253 e. The van der Waals surface area contributed by atoms with Gasteiger partial charge in [0.15, 0.2) is 0 Å². The SMILES string of the molecule is CCc1ccc(C(=O)N2CCC(N3CCC(C(=O)NC4CCCCC4)CC3)CC2)cc1. The molecule has 5 nitrogen and oxygen atoms in total. The molecule has 31 heavy (non-hydrogen) atoms. The molecule has 5 heteroatoms. The van der Waals surface area contributed by atoms with Gasteiger partial charge in [-0.3, -0.25) is 9.59 Å². The summed E-state index contributed by atoms with van der Waals surface area (Å²) >= 11 is 0. The molecule has 170 valence electrons. The molecule has 2 saturated heterocycles. The van der Waals surface area contributed by atoms with Gasteiger partial charge in [0.1, 0.15) is 0 Å². The molecule has 1 saturated carbocycles. The summed E-state index contributed by atoms with van der Waals surface area (Å²) in [6.07, 6.45) is 11.2. The summed E-state index contributed by atoms with van der Waals surface area (Å²) in [5.41, 5.74) is 2.08. The predicted octanol–water partition coefficient (Wildman–Crippen LogP) is 4.01. The van der Waals surface area contributed by atoms with E-state index in [1.54, 1.807) is 0 Å². The van der Waals surface area contributed by atoms with Gasteiger partial charge >= 0.3 is 0 Å². The zero-order valence-electron chi connectivity index (χ0n) is 19.2. The highest BCUT2D eigenvalue weighted by Crippen LogP contribution is 2.26. The van der Waals surface area contributed by atoms with Gasteiger partial charge in [-0.15, -0.1) is 0 Å². The standard InChI is InChI=1S/C26H39N3O2/c1-2-20-8-10-22(11-9-20)26(31)29-18-14-24(15-19-29)28-16-12-21(13-17-28)25(30)27-23-6-4-3-5-7-23/h8-11,21,23-24H,2-7,12-19H2,1H3,(H,27,30). The zero-order valence-corrected chi connectivity index (χ0v) is 19.2. The molecule has 0 atom stereocenters. The van der Waals surface area contributed by atoms with Crippen molar-refractivity contribution in [2.45, 2.75) is 83.2 Å². The molecule has 0 spiro atoms. The van der Waals surface area contributed by atoms with Crippen LogP contribution in [0.3, 0.4) is 0 Å². The second-order valence-electron chi connectivity index (χ2n) is 9.73. The Bertz CT molecular complexity index is 726. The number of rotatable bonds is 5. The van der Waals surface area contributed by atoms with Crippen molar-refractivity contribution in [2.75, 3.05) is 26.2 Å². The minimum absolute atomic E-state index is 0.166. The van der Waals surface area contributed by atoms with Crippen molar-refractivity contribution in [1.82, 2.24) is 15.1 Å². The second-order valence-corrected chi connectivity index (χ2v) is 9.73. The summed E-state index contributed by atoms with van der Waals surface area (Å²) in [5.74, 6) is 0.645. The average Bonchev–Trinajstić information content (AvgIpc) is 2.84. The molecule has 0 aromatic heterocycles. The number of hydrogen-bond donors (Lipinski definition) is 1. The highest BCUT2D eigenvalue weighted by molar-refractivity contribution is 5.94. The molecular formula is C26H39N3O2. The molecule has 2 heterocycles. The minimum Gasteiger partial charge on any atom is -0.353 e. The fraction of sp³-hybridized carbons (Fsp3) is 0.692. The highest BCUT2D eigenvalue weighted by atomic mass is 16.2. The summed E-state index contributed by atoms with van der Waals surface area (Å²) in [4.78, 5) is 30.1. The van der Waals surface area contributed by atoms with Crippen LogP contribution in [-0.4, -0.2) is 59.9 Å². The molecule has 2 aliphatic heterocycles. The van der Waals surface area contributed by atoms with E-state index < -0.39 is 0 Å². The van der Waals surface area contributed by atoms with E-state index in [1.807, 2.05) is 17.0 Å². The number of amides is 2. The Labute approximate surface area is 187 Å². The largest absolute Gasteiger partial charge is 0.353 e. The predicted molar refractivity (Wildman–Crippen MR) is 124 cm³/mol. The lowest BCUT2D eigenvalue weighted by atomic mass is 9.91. The van der Waals surface area contributed by atoms with E-state index >= 15 is 0 Å². The van der Waals surface area contributed by atoms with E-state index in [9.17, 15) is 9.59 Å². The Balaban J connectivity index is 1.20. The monoisotopic (exact) mass is 425 g/mol. The Morgan fingerprint density at radius 2 is 1.52 bits per heavy atom. The Kier molecular flexibility index (Phi) is 7.65. The molecule has 2 amide bonds. The molecule has 1 N–H and O–H groups in total. The van der Waals surface area contributed by atoms with Crippen molar-refractivity contribution < 1.29 is 9.59 Å². The first-order valence-corrected chi connectivity index (χ1v) is 12.6. The molecular weight excluding hydrogens is 386 g/mol. The van der Waals surface area contributed by atoms with Crippen LogP contribution in [0.25, 0.3) is 0 Å². The third-order valence-corrected chi connectivity index (χ3v) is 7.73. The van der Waals surface area contributed by atoms with E-state index in [-0.39, 0.29) is 11.8 Å². The van der Waals surface area contributed by atoms with Crippen molar-refractivity contribution in [3.05, 3.63) is 35.4 Å². The third kappa shape index (κ3) is 5.68. The summed E-state index contributed by atoms with van der Waals surface area (Å²) in [6, 6.07) is 9.03. The molecule has 3 aliphatic rings. The number of piperidine rings is 2. The van der Waals surface area contributed by atoms with Gasteiger partial charge in [0.2, 0.25) is 5.91 Å². The summed E-state index contributed by atoms with van der Waals surface area (Å²) in [7, 11) is 0. The van der Waals surface area contributed by atoms with Crippen LogP contribution in [0.2, 0.25) is 0 Å². The molecule has 1 aliphatic carbocycles. The van der Waals surface area contributed by atoms with E-state index in [4.69, 9.17) is 0 Å². The van der Waals surface area contributed by atoms with Gasteiger partial charge in [0.25, 0.3) is 5.91 Å². The van der Waals surface area contributed by atoms with Crippen LogP contribution in [0.4, 0.5) is 0 Å². The zero-order chi connectivity index (χ0) is 21.6. The van der Waals surface area contributed by atoms with Crippen LogP contribution in [-0.2, 0) is 11.2 Å².